The molecular weight excluding hydrogens is 228 g/mol. The molecule has 0 aromatic heterocycles. The van der Waals surface area contributed by atoms with Gasteiger partial charge in [-0.2, -0.15) is 4.89 Å². The van der Waals surface area contributed by atoms with Crippen molar-refractivity contribution in [2.24, 2.45) is 0 Å². The van der Waals surface area contributed by atoms with Gasteiger partial charge in [-0.05, 0) is 28.0 Å². The molecule has 2 aromatic rings. The fraction of sp³-hybridized carbons (Fsp3) is 0.133. The Balaban J connectivity index is 2.07. The molecule has 90 valence electrons. The van der Waals surface area contributed by atoms with E-state index in [0.717, 1.165) is 21.9 Å². The molecule has 3 heteroatoms. The van der Waals surface area contributed by atoms with Gasteiger partial charge < -0.3 is 0 Å². The SMILES string of the molecule is CC(=O)OOC1C=Cc2cccc3cccc1c23. The molecule has 3 nitrogen and oxygen atoms in total. The molecule has 1 atom stereocenters. The van der Waals surface area contributed by atoms with Gasteiger partial charge in [0.1, 0.15) is 6.10 Å². The van der Waals surface area contributed by atoms with E-state index in [1.54, 1.807) is 0 Å². The van der Waals surface area contributed by atoms with Gasteiger partial charge in [0.2, 0.25) is 0 Å². The van der Waals surface area contributed by atoms with Crippen LogP contribution in [-0.2, 0) is 14.6 Å². The Morgan fingerprint density at radius 1 is 1.17 bits per heavy atom. The Kier molecular flexibility index (Phi) is 2.61. The second kappa shape index (κ2) is 4.27. The van der Waals surface area contributed by atoms with Crippen LogP contribution in [0.25, 0.3) is 16.8 Å². The average molecular weight is 240 g/mol. The Hall–Kier alpha value is -2.13. The standard InChI is InChI=1S/C15H12O3/c1-10(16)17-18-14-9-8-12-5-2-4-11-6-3-7-13(14)15(11)12/h2-9,14H,1H3. The van der Waals surface area contributed by atoms with Gasteiger partial charge in [-0.25, -0.2) is 4.79 Å². The summed E-state index contributed by atoms with van der Waals surface area (Å²) in [4.78, 5) is 20.6. The number of carbonyl (C=O) groups is 1. The first-order valence-electron chi connectivity index (χ1n) is 5.79. The zero-order valence-electron chi connectivity index (χ0n) is 9.92. The molecule has 1 aliphatic rings. The predicted octanol–water partition coefficient (Wildman–Crippen LogP) is 3.40. The van der Waals surface area contributed by atoms with Gasteiger partial charge in [0.15, 0.2) is 0 Å². The molecule has 0 radical (unpaired) electrons. The van der Waals surface area contributed by atoms with E-state index in [4.69, 9.17) is 4.89 Å². The molecule has 1 aliphatic carbocycles. The van der Waals surface area contributed by atoms with Gasteiger partial charge in [0.25, 0.3) is 0 Å². The first-order chi connectivity index (χ1) is 8.75. The number of rotatable bonds is 2. The topological polar surface area (TPSA) is 35.5 Å². The molecule has 0 amide bonds. The van der Waals surface area contributed by atoms with Gasteiger partial charge in [-0.3, -0.25) is 4.89 Å². The Labute approximate surface area is 105 Å². The van der Waals surface area contributed by atoms with Crippen LogP contribution in [0.15, 0.2) is 42.5 Å². The van der Waals surface area contributed by atoms with Crippen LogP contribution in [0.2, 0.25) is 0 Å². The van der Waals surface area contributed by atoms with Crippen molar-refractivity contribution in [3.63, 3.8) is 0 Å². The number of hydrogen-bond donors (Lipinski definition) is 0. The molecule has 1 unspecified atom stereocenters. The van der Waals surface area contributed by atoms with E-state index >= 15 is 0 Å². The van der Waals surface area contributed by atoms with Crippen LogP contribution in [0, 0.1) is 0 Å². The van der Waals surface area contributed by atoms with E-state index in [9.17, 15) is 4.79 Å². The summed E-state index contributed by atoms with van der Waals surface area (Å²) in [6.07, 6.45) is 3.54. The smallest absolute Gasteiger partial charge is 0.298 e. The highest BCUT2D eigenvalue weighted by Gasteiger charge is 2.19. The first kappa shape index (κ1) is 11.0. The van der Waals surface area contributed by atoms with Crippen molar-refractivity contribution < 1.29 is 14.6 Å². The summed E-state index contributed by atoms with van der Waals surface area (Å²) in [6, 6.07) is 12.2. The lowest BCUT2D eigenvalue weighted by molar-refractivity contribution is -0.289. The monoisotopic (exact) mass is 240 g/mol. The van der Waals surface area contributed by atoms with Gasteiger partial charge in [0, 0.05) is 6.92 Å². The second-order valence-corrected chi connectivity index (χ2v) is 4.24. The third-order valence-corrected chi connectivity index (χ3v) is 3.00. The number of hydrogen-bond acceptors (Lipinski definition) is 3. The van der Waals surface area contributed by atoms with Gasteiger partial charge >= 0.3 is 5.97 Å². The molecule has 0 saturated heterocycles. The molecule has 0 fully saturated rings. The lowest BCUT2D eigenvalue weighted by Gasteiger charge is -2.19. The maximum Gasteiger partial charge on any atom is 0.339 e. The molecule has 0 aliphatic heterocycles. The highest BCUT2D eigenvalue weighted by molar-refractivity contribution is 5.95. The molecule has 0 N–H and O–H groups in total. The molecule has 0 spiro atoms. The zero-order valence-corrected chi connectivity index (χ0v) is 9.92. The quantitative estimate of drug-likeness (QED) is 0.596. The van der Waals surface area contributed by atoms with Crippen molar-refractivity contribution in [3.8, 4) is 0 Å². The predicted molar refractivity (Wildman–Crippen MR) is 68.6 cm³/mol. The van der Waals surface area contributed by atoms with Gasteiger partial charge in [-0.1, -0.05) is 42.5 Å². The summed E-state index contributed by atoms with van der Waals surface area (Å²) < 4.78 is 0. The fourth-order valence-corrected chi connectivity index (χ4v) is 2.27. The Morgan fingerprint density at radius 3 is 2.72 bits per heavy atom. The van der Waals surface area contributed by atoms with Crippen molar-refractivity contribution in [1.82, 2.24) is 0 Å². The molecule has 0 bridgehead atoms. The van der Waals surface area contributed by atoms with E-state index in [-0.39, 0.29) is 6.10 Å². The average Bonchev–Trinajstić information content (AvgIpc) is 2.38. The molecular formula is C15H12O3. The van der Waals surface area contributed by atoms with Crippen LogP contribution in [0.5, 0.6) is 0 Å². The largest absolute Gasteiger partial charge is 0.339 e. The summed E-state index contributed by atoms with van der Waals surface area (Å²) in [6.45, 7) is 1.32. The zero-order chi connectivity index (χ0) is 12.5. The van der Waals surface area contributed by atoms with Crippen molar-refractivity contribution in [2.75, 3.05) is 0 Å². The minimum absolute atomic E-state index is 0.340. The normalized spacial score (nSPS) is 16.8. The van der Waals surface area contributed by atoms with Crippen LogP contribution in [-0.4, -0.2) is 5.97 Å². The van der Waals surface area contributed by atoms with E-state index in [1.165, 1.54) is 6.92 Å². The van der Waals surface area contributed by atoms with Crippen LogP contribution in [0.3, 0.4) is 0 Å². The minimum Gasteiger partial charge on any atom is -0.298 e. The highest BCUT2D eigenvalue weighted by Crippen LogP contribution is 2.35. The number of benzene rings is 2. The van der Waals surface area contributed by atoms with Crippen molar-refractivity contribution in [3.05, 3.63) is 53.6 Å². The lowest BCUT2D eigenvalue weighted by Crippen LogP contribution is -2.08. The molecule has 2 aromatic carbocycles. The fourth-order valence-electron chi connectivity index (χ4n) is 2.27. The molecule has 18 heavy (non-hydrogen) atoms. The van der Waals surface area contributed by atoms with Gasteiger partial charge in [-0.15, -0.1) is 0 Å². The van der Waals surface area contributed by atoms with Crippen LogP contribution in [0.4, 0.5) is 0 Å². The van der Waals surface area contributed by atoms with E-state index < -0.39 is 5.97 Å². The van der Waals surface area contributed by atoms with E-state index in [0.29, 0.717) is 0 Å². The Morgan fingerprint density at radius 2 is 1.94 bits per heavy atom. The summed E-state index contributed by atoms with van der Waals surface area (Å²) >= 11 is 0. The second-order valence-electron chi connectivity index (χ2n) is 4.24. The molecule has 3 rings (SSSR count). The van der Waals surface area contributed by atoms with E-state index in [2.05, 4.69) is 23.1 Å². The maximum absolute atomic E-state index is 10.8. The summed E-state index contributed by atoms with van der Waals surface area (Å²) in [5.74, 6) is -0.450. The third kappa shape index (κ3) is 1.79. The third-order valence-electron chi connectivity index (χ3n) is 3.00. The summed E-state index contributed by atoms with van der Waals surface area (Å²) in [5, 5.41) is 2.31. The molecule has 0 saturated carbocycles. The number of carbonyl (C=O) groups excluding carboxylic acids is 1. The van der Waals surface area contributed by atoms with E-state index in [1.807, 2.05) is 30.4 Å². The first-order valence-corrected chi connectivity index (χ1v) is 5.79. The van der Waals surface area contributed by atoms with Crippen LogP contribution in [0.1, 0.15) is 24.2 Å². The van der Waals surface area contributed by atoms with Crippen molar-refractivity contribution in [1.29, 1.82) is 0 Å². The highest BCUT2D eigenvalue weighted by atomic mass is 17.2. The molecule has 0 heterocycles. The minimum atomic E-state index is -0.450. The maximum atomic E-state index is 10.8. The van der Waals surface area contributed by atoms with Crippen molar-refractivity contribution in [2.45, 2.75) is 13.0 Å². The van der Waals surface area contributed by atoms with Crippen LogP contribution >= 0.6 is 0 Å². The summed E-state index contributed by atoms with van der Waals surface area (Å²) in [7, 11) is 0. The Bertz CT molecular complexity index is 638. The van der Waals surface area contributed by atoms with Crippen LogP contribution < -0.4 is 0 Å². The van der Waals surface area contributed by atoms with Gasteiger partial charge in [0.05, 0.1) is 0 Å². The summed E-state index contributed by atoms with van der Waals surface area (Å²) in [5.41, 5.74) is 2.18. The lowest BCUT2D eigenvalue weighted by atomic mass is 9.92. The van der Waals surface area contributed by atoms with Crippen molar-refractivity contribution >= 4 is 22.8 Å².